The molecule has 0 bridgehead atoms. The molecule has 1 aliphatic rings. The number of alkyl halides is 2. The van der Waals surface area contributed by atoms with Crippen LogP contribution in [0.15, 0.2) is 60.1 Å². The lowest BCUT2D eigenvalue weighted by atomic mass is 10.2. The topological polar surface area (TPSA) is 101 Å². The van der Waals surface area contributed by atoms with Crippen molar-refractivity contribution in [2.24, 2.45) is 5.92 Å². The van der Waals surface area contributed by atoms with Gasteiger partial charge in [-0.2, -0.15) is 5.10 Å². The van der Waals surface area contributed by atoms with E-state index in [1.165, 1.54) is 18.3 Å². The number of thiophene rings is 1. The monoisotopic (exact) mass is 507 g/mol. The van der Waals surface area contributed by atoms with Crippen LogP contribution in [0, 0.1) is 5.92 Å². The van der Waals surface area contributed by atoms with Gasteiger partial charge in [-0.05, 0) is 37.0 Å². The van der Waals surface area contributed by atoms with E-state index in [9.17, 15) is 22.0 Å². The number of carbonyl (C=O) groups excluding carboxylic acids is 1. The zero-order valence-corrected chi connectivity index (χ0v) is 19.8. The van der Waals surface area contributed by atoms with Gasteiger partial charge in [-0.15, -0.1) is 11.3 Å². The van der Waals surface area contributed by atoms with E-state index in [-0.39, 0.29) is 27.2 Å². The largest absolute Gasteiger partial charge is 0.456 e. The minimum atomic E-state index is -3.59. The van der Waals surface area contributed by atoms with Crippen LogP contribution in [0.4, 0.5) is 8.78 Å². The number of carbonyl (C=O) groups is 1. The molecule has 1 amide bonds. The summed E-state index contributed by atoms with van der Waals surface area (Å²) in [7, 11) is -3.59. The maximum atomic E-state index is 14.0. The lowest BCUT2D eigenvalue weighted by Gasteiger charge is -2.14. The summed E-state index contributed by atoms with van der Waals surface area (Å²) >= 11 is 0.654. The van der Waals surface area contributed by atoms with Crippen LogP contribution < -0.4 is 10.1 Å². The maximum absolute atomic E-state index is 14.0. The second-order valence-electron chi connectivity index (χ2n) is 8.16. The van der Waals surface area contributed by atoms with Gasteiger partial charge < -0.3 is 10.1 Å². The van der Waals surface area contributed by atoms with Crippen molar-refractivity contribution in [3.63, 3.8) is 0 Å². The van der Waals surface area contributed by atoms with E-state index >= 15 is 0 Å². The number of benzene rings is 1. The number of sulfone groups is 1. The number of hydrogen-bond acceptors (Lipinski definition) is 6. The van der Waals surface area contributed by atoms with Gasteiger partial charge in [0.25, 0.3) is 11.8 Å². The van der Waals surface area contributed by atoms with E-state index in [0.29, 0.717) is 22.8 Å². The first-order valence-electron chi connectivity index (χ1n) is 10.6. The molecule has 2 aromatic heterocycles. The van der Waals surface area contributed by atoms with Gasteiger partial charge in [0, 0.05) is 24.6 Å². The molecule has 1 fully saturated rings. The van der Waals surface area contributed by atoms with Crippen LogP contribution in [0.5, 0.6) is 11.5 Å². The van der Waals surface area contributed by atoms with Gasteiger partial charge >= 0.3 is 0 Å². The van der Waals surface area contributed by atoms with Crippen LogP contribution in [0.1, 0.15) is 40.0 Å². The number of hydrogen-bond donors (Lipinski definition) is 2. The predicted molar refractivity (Wildman–Crippen MR) is 125 cm³/mol. The van der Waals surface area contributed by atoms with Crippen molar-refractivity contribution in [3.05, 3.63) is 75.6 Å². The van der Waals surface area contributed by atoms with Gasteiger partial charge in [-0.25, -0.2) is 17.2 Å². The SMILES string of the molecule is CC(F)(F)c1cc(Oc2ccccc2)c(C(=O)N[C@H](/C=C/S(=O)(=O)Cc2ccn[nH]2)C2CC2)s1. The fourth-order valence-corrected chi connectivity index (χ4v) is 5.29. The fourth-order valence-electron chi connectivity index (χ4n) is 3.27. The number of aromatic amines is 1. The average molecular weight is 508 g/mol. The normalized spacial score (nSPS) is 15.4. The lowest BCUT2D eigenvalue weighted by Crippen LogP contribution is -2.34. The summed E-state index contributed by atoms with van der Waals surface area (Å²) in [5.74, 6) is -3.48. The Morgan fingerprint density at radius 1 is 1.32 bits per heavy atom. The van der Waals surface area contributed by atoms with Crippen LogP contribution >= 0.6 is 11.3 Å². The highest BCUT2D eigenvalue weighted by atomic mass is 32.2. The maximum Gasteiger partial charge on any atom is 0.279 e. The van der Waals surface area contributed by atoms with Crippen LogP contribution in [-0.4, -0.2) is 30.6 Å². The number of aromatic nitrogens is 2. The van der Waals surface area contributed by atoms with E-state index in [2.05, 4.69) is 15.5 Å². The Morgan fingerprint density at radius 2 is 2.06 bits per heavy atom. The average Bonchev–Trinajstić information content (AvgIpc) is 3.32. The Morgan fingerprint density at radius 3 is 2.68 bits per heavy atom. The third kappa shape index (κ3) is 6.29. The lowest BCUT2D eigenvalue weighted by molar-refractivity contribution is 0.0214. The quantitative estimate of drug-likeness (QED) is 0.402. The molecule has 34 heavy (non-hydrogen) atoms. The second kappa shape index (κ2) is 9.67. The zero-order chi connectivity index (χ0) is 24.3. The number of ether oxygens (including phenoxy) is 1. The molecular weight excluding hydrogens is 484 g/mol. The van der Waals surface area contributed by atoms with Crippen LogP contribution in [0.25, 0.3) is 0 Å². The van der Waals surface area contributed by atoms with Crippen molar-refractivity contribution < 1.29 is 26.7 Å². The Labute approximate surface area is 199 Å². The van der Waals surface area contributed by atoms with E-state index in [0.717, 1.165) is 25.2 Å². The number of nitrogens with one attached hydrogen (secondary N) is 2. The van der Waals surface area contributed by atoms with Crippen molar-refractivity contribution >= 4 is 27.1 Å². The minimum Gasteiger partial charge on any atom is -0.456 e. The number of halogens is 2. The molecule has 7 nitrogen and oxygen atoms in total. The van der Waals surface area contributed by atoms with Crippen LogP contribution in [0.3, 0.4) is 0 Å². The van der Waals surface area contributed by atoms with Crippen molar-refractivity contribution in [2.75, 3.05) is 0 Å². The third-order valence-corrected chi connectivity index (χ3v) is 7.72. The fraction of sp³-hybridized carbons (Fsp3) is 0.304. The van der Waals surface area contributed by atoms with E-state index in [1.807, 2.05) is 0 Å². The summed E-state index contributed by atoms with van der Waals surface area (Å²) < 4.78 is 58.6. The van der Waals surface area contributed by atoms with E-state index < -0.39 is 27.7 Å². The first-order chi connectivity index (χ1) is 16.1. The van der Waals surface area contributed by atoms with Crippen molar-refractivity contribution in [3.8, 4) is 11.5 Å². The van der Waals surface area contributed by atoms with Crippen molar-refractivity contribution in [1.29, 1.82) is 0 Å². The Kier molecular flexibility index (Phi) is 6.85. The molecule has 180 valence electrons. The summed E-state index contributed by atoms with van der Waals surface area (Å²) in [4.78, 5) is 12.8. The number of rotatable bonds is 10. The summed E-state index contributed by atoms with van der Waals surface area (Å²) in [5.41, 5.74) is 0.450. The van der Waals surface area contributed by atoms with E-state index in [1.54, 1.807) is 36.4 Å². The van der Waals surface area contributed by atoms with Gasteiger partial charge in [0.15, 0.2) is 15.6 Å². The summed E-state index contributed by atoms with van der Waals surface area (Å²) in [6.45, 7) is 0.757. The minimum absolute atomic E-state index is 0.000236. The number of nitrogens with zero attached hydrogens (tertiary/aromatic N) is 1. The Hall–Kier alpha value is -3.05. The Balaban J connectivity index is 1.54. The molecule has 0 spiro atoms. The summed E-state index contributed by atoms with van der Waals surface area (Å²) in [6.07, 6.45) is 4.56. The molecule has 0 aliphatic heterocycles. The smallest absolute Gasteiger partial charge is 0.279 e. The molecule has 4 rings (SSSR count). The Bertz CT molecular complexity index is 1260. The van der Waals surface area contributed by atoms with Gasteiger partial charge in [-0.3, -0.25) is 9.89 Å². The first-order valence-corrected chi connectivity index (χ1v) is 13.1. The molecule has 11 heteroatoms. The van der Waals surface area contributed by atoms with Gasteiger partial charge in [0.05, 0.1) is 22.4 Å². The number of para-hydroxylation sites is 1. The predicted octanol–water partition coefficient (Wildman–Crippen LogP) is 5.01. The molecule has 1 aliphatic carbocycles. The van der Waals surface area contributed by atoms with E-state index in [4.69, 9.17) is 4.74 Å². The number of amides is 1. The molecule has 0 unspecified atom stereocenters. The molecular formula is C23H23F2N3O4S2. The van der Waals surface area contributed by atoms with Crippen molar-refractivity contribution in [2.45, 2.75) is 37.5 Å². The van der Waals surface area contributed by atoms with Gasteiger partial charge in [-0.1, -0.05) is 24.3 Å². The molecule has 1 saturated carbocycles. The summed E-state index contributed by atoms with van der Waals surface area (Å²) in [6, 6.07) is 10.7. The molecule has 2 N–H and O–H groups in total. The molecule has 0 radical (unpaired) electrons. The molecule has 1 aromatic carbocycles. The third-order valence-electron chi connectivity index (χ3n) is 5.14. The van der Waals surface area contributed by atoms with Gasteiger partial charge in [0.1, 0.15) is 10.6 Å². The highest BCUT2D eigenvalue weighted by Crippen LogP contribution is 2.41. The van der Waals surface area contributed by atoms with Crippen LogP contribution in [-0.2, 0) is 21.5 Å². The standard InChI is InChI=1S/C23H23F2N3O4S2/c1-23(24,25)20-13-19(32-17-5-3-2-4-6-17)21(33-20)22(29)27-18(15-7-8-15)10-12-34(30,31)14-16-9-11-26-28-16/h2-6,9-13,15,18H,7-8,14H2,1H3,(H,26,28)(H,27,29)/b12-10+/t18-/m1/s1. The molecule has 1 atom stereocenters. The second-order valence-corrected chi connectivity index (χ2v) is 11.1. The highest BCUT2D eigenvalue weighted by Gasteiger charge is 2.34. The highest BCUT2D eigenvalue weighted by molar-refractivity contribution is 7.93. The zero-order valence-electron chi connectivity index (χ0n) is 18.2. The summed E-state index contributed by atoms with van der Waals surface area (Å²) in [5, 5.41) is 10.2. The molecule has 3 aromatic rings. The van der Waals surface area contributed by atoms with Crippen LogP contribution in [0.2, 0.25) is 0 Å². The van der Waals surface area contributed by atoms with Crippen molar-refractivity contribution in [1.82, 2.24) is 15.5 Å². The number of H-pyrrole nitrogens is 1. The first kappa shape index (κ1) is 24.1. The molecule has 2 heterocycles. The molecule has 0 saturated heterocycles. The van der Waals surface area contributed by atoms with Gasteiger partial charge in [0.2, 0.25) is 0 Å².